The van der Waals surface area contributed by atoms with Crippen LogP contribution in [0.2, 0.25) is 0 Å². The first-order chi connectivity index (χ1) is 10.3. The first kappa shape index (κ1) is 17.3. The van der Waals surface area contributed by atoms with Crippen LogP contribution in [0.15, 0.2) is 0 Å². The van der Waals surface area contributed by atoms with E-state index in [1.807, 2.05) is 25.7 Å². The minimum Gasteiger partial charge on any atom is -0.396 e. The maximum absolute atomic E-state index is 12.4. The Hall–Kier alpha value is -1.10. The number of aliphatic hydroxyl groups is 1. The molecule has 2 aliphatic rings. The number of piperidine rings is 1. The maximum Gasteiger partial charge on any atom is 0.227 e. The highest BCUT2D eigenvalue weighted by molar-refractivity contribution is 5.82. The zero-order valence-electron chi connectivity index (χ0n) is 14.1. The molecule has 0 aromatic heterocycles. The second-order valence-corrected chi connectivity index (χ2v) is 7.78. The van der Waals surface area contributed by atoms with Gasteiger partial charge >= 0.3 is 0 Å². The molecule has 1 aliphatic carbocycles. The summed E-state index contributed by atoms with van der Waals surface area (Å²) < 4.78 is 0. The number of likely N-dealkylation sites (tertiary alicyclic amines) is 1. The Kier molecular flexibility index (Phi) is 5.48. The Bertz CT molecular complexity index is 405. The number of amides is 2. The monoisotopic (exact) mass is 310 g/mol. The molecule has 1 unspecified atom stereocenters. The Morgan fingerprint density at radius 2 is 1.77 bits per heavy atom. The van der Waals surface area contributed by atoms with E-state index in [1.165, 1.54) is 0 Å². The van der Waals surface area contributed by atoms with Crippen LogP contribution in [0.25, 0.3) is 0 Å². The molecule has 22 heavy (non-hydrogen) atoms. The van der Waals surface area contributed by atoms with Crippen molar-refractivity contribution in [3.05, 3.63) is 0 Å². The molecule has 0 aromatic carbocycles. The Morgan fingerprint density at radius 1 is 1.18 bits per heavy atom. The molecule has 1 heterocycles. The number of aliphatic hydroxyl groups excluding tert-OH is 1. The molecule has 1 saturated carbocycles. The zero-order chi connectivity index (χ0) is 16.3. The van der Waals surface area contributed by atoms with Crippen LogP contribution in [0.1, 0.15) is 52.9 Å². The first-order valence-electron chi connectivity index (χ1n) is 8.53. The van der Waals surface area contributed by atoms with Gasteiger partial charge in [-0.15, -0.1) is 0 Å². The van der Waals surface area contributed by atoms with Crippen LogP contribution in [0.4, 0.5) is 0 Å². The Balaban J connectivity index is 1.80. The van der Waals surface area contributed by atoms with E-state index in [4.69, 9.17) is 5.11 Å². The predicted octanol–water partition coefficient (Wildman–Crippen LogP) is 1.55. The largest absolute Gasteiger partial charge is 0.396 e. The lowest BCUT2D eigenvalue weighted by molar-refractivity contribution is -0.142. The highest BCUT2D eigenvalue weighted by Gasteiger charge is 2.35. The van der Waals surface area contributed by atoms with Gasteiger partial charge in [0.25, 0.3) is 0 Å². The number of hydrogen-bond acceptors (Lipinski definition) is 3. The van der Waals surface area contributed by atoms with Crippen molar-refractivity contribution in [2.45, 2.75) is 58.9 Å². The number of carbonyl (C=O) groups is 2. The van der Waals surface area contributed by atoms with Crippen LogP contribution in [0.3, 0.4) is 0 Å². The number of nitrogens with one attached hydrogen (secondary N) is 1. The molecule has 1 aliphatic heterocycles. The summed E-state index contributed by atoms with van der Waals surface area (Å²) in [7, 11) is 0. The zero-order valence-corrected chi connectivity index (χ0v) is 14.1. The lowest BCUT2D eigenvalue weighted by Crippen LogP contribution is -2.48. The molecule has 0 aromatic rings. The third-order valence-corrected chi connectivity index (χ3v) is 4.75. The lowest BCUT2D eigenvalue weighted by Gasteiger charge is -2.35. The van der Waals surface area contributed by atoms with Gasteiger partial charge in [-0.05, 0) is 38.0 Å². The normalized spacial score (nSPS) is 21.5. The third kappa shape index (κ3) is 4.45. The minimum absolute atomic E-state index is 0.00367. The fraction of sp³-hybridized carbons (Fsp3) is 0.882. The Labute approximate surface area is 133 Å². The van der Waals surface area contributed by atoms with Gasteiger partial charge in [-0.1, -0.05) is 20.8 Å². The van der Waals surface area contributed by atoms with E-state index in [0.29, 0.717) is 25.4 Å². The van der Waals surface area contributed by atoms with Gasteiger partial charge in [0.1, 0.15) is 0 Å². The number of rotatable bonds is 5. The van der Waals surface area contributed by atoms with Crippen molar-refractivity contribution in [2.24, 2.45) is 17.3 Å². The minimum atomic E-state index is -0.354. The van der Waals surface area contributed by atoms with Crippen molar-refractivity contribution in [3.63, 3.8) is 0 Å². The summed E-state index contributed by atoms with van der Waals surface area (Å²) in [4.78, 5) is 26.5. The van der Waals surface area contributed by atoms with E-state index in [9.17, 15) is 9.59 Å². The van der Waals surface area contributed by atoms with Gasteiger partial charge in [0.05, 0.1) is 0 Å². The number of hydrogen-bond donors (Lipinski definition) is 2. The number of nitrogens with zero attached hydrogens (tertiary/aromatic N) is 1. The summed E-state index contributed by atoms with van der Waals surface area (Å²) in [5.41, 5.74) is -0.354. The van der Waals surface area contributed by atoms with Crippen molar-refractivity contribution >= 4 is 11.8 Å². The topological polar surface area (TPSA) is 69.6 Å². The standard InChI is InChI=1S/C17H30N2O3/c1-17(2,3)16(22)19-9-6-13(7-10-19)15(21)18-14(8-11-20)12-4-5-12/h12-14,20H,4-11H2,1-3H3,(H,18,21). The predicted molar refractivity (Wildman–Crippen MR) is 85.1 cm³/mol. The Morgan fingerprint density at radius 3 is 2.23 bits per heavy atom. The fourth-order valence-corrected chi connectivity index (χ4v) is 3.18. The van der Waals surface area contributed by atoms with Crippen molar-refractivity contribution in [1.29, 1.82) is 0 Å². The second-order valence-electron chi connectivity index (χ2n) is 7.78. The highest BCUT2D eigenvalue weighted by atomic mass is 16.3. The molecule has 2 fully saturated rings. The molecule has 0 radical (unpaired) electrons. The van der Waals surface area contributed by atoms with Crippen molar-refractivity contribution in [2.75, 3.05) is 19.7 Å². The summed E-state index contributed by atoms with van der Waals surface area (Å²) in [6, 6.07) is 0.131. The molecule has 5 nitrogen and oxygen atoms in total. The average molecular weight is 310 g/mol. The van der Waals surface area contributed by atoms with Crippen LogP contribution >= 0.6 is 0 Å². The molecule has 2 rings (SSSR count). The van der Waals surface area contributed by atoms with Gasteiger partial charge in [0.2, 0.25) is 11.8 Å². The highest BCUT2D eigenvalue weighted by Crippen LogP contribution is 2.34. The third-order valence-electron chi connectivity index (χ3n) is 4.75. The molecule has 1 saturated heterocycles. The van der Waals surface area contributed by atoms with Crippen molar-refractivity contribution in [3.8, 4) is 0 Å². The maximum atomic E-state index is 12.4. The molecule has 126 valence electrons. The molecule has 5 heteroatoms. The summed E-state index contributed by atoms with van der Waals surface area (Å²) >= 11 is 0. The van der Waals surface area contributed by atoms with Crippen LogP contribution in [-0.2, 0) is 9.59 Å². The molecule has 0 bridgehead atoms. The van der Waals surface area contributed by atoms with Crippen LogP contribution in [-0.4, -0.2) is 47.6 Å². The molecule has 2 amide bonds. The second kappa shape index (κ2) is 6.99. The average Bonchev–Trinajstić information content (AvgIpc) is 3.29. The molecule has 1 atom stereocenters. The SMILES string of the molecule is CC(C)(C)C(=O)N1CCC(C(=O)NC(CCO)C2CC2)CC1. The van der Waals surface area contributed by atoms with Crippen LogP contribution < -0.4 is 5.32 Å². The van der Waals surface area contributed by atoms with Gasteiger partial charge in [-0.2, -0.15) is 0 Å². The van der Waals surface area contributed by atoms with E-state index in [1.54, 1.807) is 0 Å². The van der Waals surface area contributed by atoms with E-state index in [-0.39, 0.29) is 35.8 Å². The fourth-order valence-electron chi connectivity index (χ4n) is 3.18. The van der Waals surface area contributed by atoms with Crippen LogP contribution in [0, 0.1) is 17.3 Å². The summed E-state index contributed by atoms with van der Waals surface area (Å²) in [6.07, 6.45) is 4.44. The van der Waals surface area contributed by atoms with Gasteiger partial charge in [-0.25, -0.2) is 0 Å². The van der Waals surface area contributed by atoms with Crippen molar-refractivity contribution in [1.82, 2.24) is 10.2 Å². The quantitative estimate of drug-likeness (QED) is 0.809. The molecule has 2 N–H and O–H groups in total. The van der Waals surface area contributed by atoms with E-state index >= 15 is 0 Å². The van der Waals surface area contributed by atoms with Crippen molar-refractivity contribution < 1.29 is 14.7 Å². The summed E-state index contributed by atoms with van der Waals surface area (Å²) in [5.74, 6) is 0.832. The van der Waals surface area contributed by atoms with Gasteiger partial charge in [-0.3, -0.25) is 9.59 Å². The van der Waals surface area contributed by atoms with Gasteiger partial charge in [0.15, 0.2) is 0 Å². The summed E-state index contributed by atoms with van der Waals surface area (Å²) in [5, 5.41) is 12.2. The molecule has 0 spiro atoms. The summed E-state index contributed by atoms with van der Waals surface area (Å²) in [6.45, 7) is 7.26. The van der Waals surface area contributed by atoms with E-state index < -0.39 is 0 Å². The molecular weight excluding hydrogens is 280 g/mol. The lowest BCUT2D eigenvalue weighted by atomic mass is 9.90. The first-order valence-corrected chi connectivity index (χ1v) is 8.53. The van der Waals surface area contributed by atoms with Gasteiger partial charge in [0, 0.05) is 37.1 Å². The number of carbonyl (C=O) groups excluding carboxylic acids is 2. The van der Waals surface area contributed by atoms with E-state index in [2.05, 4.69) is 5.32 Å². The molecular formula is C17H30N2O3. The van der Waals surface area contributed by atoms with E-state index in [0.717, 1.165) is 25.7 Å². The van der Waals surface area contributed by atoms with Crippen LogP contribution in [0.5, 0.6) is 0 Å². The smallest absolute Gasteiger partial charge is 0.227 e. The van der Waals surface area contributed by atoms with Gasteiger partial charge < -0.3 is 15.3 Å².